The molecule has 0 rings (SSSR count). The Labute approximate surface area is 49.6 Å². The van der Waals surface area contributed by atoms with E-state index in [0.29, 0.717) is 5.70 Å². The zero-order chi connectivity index (χ0) is 6.78. The SMILES string of the molecule is C=C(NC)C(C)(C)F. The van der Waals surface area contributed by atoms with Crippen LogP contribution in [0.25, 0.3) is 0 Å². The lowest BCUT2D eigenvalue weighted by Gasteiger charge is -2.16. The molecule has 0 aliphatic rings. The molecule has 1 N–H and O–H groups in total. The van der Waals surface area contributed by atoms with Gasteiger partial charge in [-0.25, -0.2) is 4.39 Å². The topological polar surface area (TPSA) is 12.0 Å². The summed E-state index contributed by atoms with van der Waals surface area (Å²) in [5.74, 6) is 0. The molecule has 0 aromatic rings. The van der Waals surface area contributed by atoms with Crippen LogP contribution in [-0.4, -0.2) is 12.7 Å². The minimum absolute atomic E-state index is 0.414. The van der Waals surface area contributed by atoms with Crippen LogP contribution in [0.1, 0.15) is 13.8 Å². The lowest BCUT2D eigenvalue weighted by Crippen LogP contribution is -2.24. The van der Waals surface area contributed by atoms with Crippen LogP contribution < -0.4 is 5.32 Å². The maximum Gasteiger partial charge on any atom is 0.144 e. The number of halogens is 1. The Balaban J connectivity index is 3.82. The smallest absolute Gasteiger partial charge is 0.144 e. The number of rotatable bonds is 2. The van der Waals surface area contributed by atoms with Crippen molar-refractivity contribution in [2.45, 2.75) is 19.5 Å². The second-order valence-electron chi connectivity index (χ2n) is 2.20. The van der Waals surface area contributed by atoms with Gasteiger partial charge in [0.05, 0.1) is 0 Å². The number of hydrogen-bond acceptors (Lipinski definition) is 1. The van der Waals surface area contributed by atoms with E-state index >= 15 is 0 Å². The molecule has 0 atom stereocenters. The van der Waals surface area contributed by atoms with E-state index in [1.807, 2.05) is 0 Å². The van der Waals surface area contributed by atoms with Gasteiger partial charge >= 0.3 is 0 Å². The van der Waals surface area contributed by atoms with Gasteiger partial charge in [-0.05, 0) is 13.8 Å². The Kier molecular flexibility index (Phi) is 2.02. The molecule has 1 nitrogen and oxygen atoms in total. The van der Waals surface area contributed by atoms with Gasteiger partial charge < -0.3 is 5.32 Å². The van der Waals surface area contributed by atoms with Gasteiger partial charge in [-0.2, -0.15) is 0 Å². The summed E-state index contributed by atoms with van der Waals surface area (Å²) in [6.45, 7) is 6.39. The second kappa shape index (κ2) is 2.16. The average molecular weight is 117 g/mol. The lowest BCUT2D eigenvalue weighted by molar-refractivity contribution is 0.258. The molecule has 0 aliphatic heterocycles. The lowest BCUT2D eigenvalue weighted by atomic mass is 10.1. The van der Waals surface area contributed by atoms with Gasteiger partial charge in [0.15, 0.2) is 0 Å². The van der Waals surface area contributed by atoms with Crippen molar-refractivity contribution in [1.29, 1.82) is 0 Å². The molecule has 0 fully saturated rings. The first kappa shape index (κ1) is 7.47. The number of nitrogens with one attached hydrogen (secondary N) is 1. The highest BCUT2D eigenvalue weighted by Crippen LogP contribution is 2.14. The van der Waals surface area contributed by atoms with Gasteiger partial charge in [0, 0.05) is 12.7 Å². The average Bonchev–Trinajstić information content (AvgIpc) is 1.62. The van der Waals surface area contributed by atoms with Crippen LogP contribution in [0.4, 0.5) is 4.39 Å². The predicted octanol–water partition coefficient (Wildman–Crippen LogP) is 1.47. The standard InChI is InChI=1S/C6H12FN/c1-5(8-4)6(2,3)7/h8H,1H2,2-4H3. The number of allylic oxidation sites excluding steroid dienone is 1. The van der Waals surface area contributed by atoms with E-state index < -0.39 is 5.67 Å². The van der Waals surface area contributed by atoms with Gasteiger partial charge in [0.1, 0.15) is 5.67 Å². The van der Waals surface area contributed by atoms with E-state index in [-0.39, 0.29) is 0 Å². The zero-order valence-corrected chi connectivity index (χ0v) is 5.59. The third kappa shape index (κ3) is 1.96. The minimum Gasteiger partial charge on any atom is -0.389 e. The normalized spacial score (nSPS) is 11.0. The quantitative estimate of drug-likeness (QED) is 0.577. The molecule has 0 saturated carbocycles. The van der Waals surface area contributed by atoms with Crippen LogP contribution >= 0.6 is 0 Å². The maximum atomic E-state index is 12.6. The van der Waals surface area contributed by atoms with Gasteiger partial charge in [0.2, 0.25) is 0 Å². The molecule has 0 aromatic heterocycles. The Hall–Kier alpha value is -0.530. The Morgan fingerprint density at radius 2 is 2.00 bits per heavy atom. The number of hydrogen-bond donors (Lipinski definition) is 1. The highest BCUT2D eigenvalue weighted by molar-refractivity contribution is 5.04. The molecule has 0 aliphatic carbocycles. The molecule has 48 valence electrons. The summed E-state index contributed by atoms with van der Waals surface area (Å²) in [4.78, 5) is 0. The molecule has 0 heterocycles. The predicted molar refractivity (Wildman–Crippen MR) is 33.4 cm³/mol. The number of alkyl halides is 1. The Bertz CT molecular complexity index is 91.2. The summed E-state index contributed by atoms with van der Waals surface area (Å²) in [6, 6.07) is 0. The summed E-state index contributed by atoms with van der Waals surface area (Å²) >= 11 is 0. The van der Waals surface area contributed by atoms with Crippen LogP contribution in [0, 0.1) is 0 Å². The van der Waals surface area contributed by atoms with Crippen LogP contribution in [0.15, 0.2) is 12.3 Å². The van der Waals surface area contributed by atoms with E-state index in [1.54, 1.807) is 7.05 Å². The first-order valence-electron chi connectivity index (χ1n) is 2.54. The molecule has 2 heteroatoms. The Morgan fingerprint density at radius 3 is 2.00 bits per heavy atom. The van der Waals surface area contributed by atoms with Crippen molar-refractivity contribution in [3.8, 4) is 0 Å². The highest BCUT2D eigenvalue weighted by atomic mass is 19.1. The highest BCUT2D eigenvalue weighted by Gasteiger charge is 2.17. The van der Waals surface area contributed by atoms with E-state index in [9.17, 15) is 4.39 Å². The largest absolute Gasteiger partial charge is 0.389 e. The summed E-state index contributed by atoms with van der Waals surface area (Å²) < 4.78 is 12.6. The van der Waals surface area contributed by atoms with Crippen molar-refractivity contribution >= 4 is 0 Å². The monoisotopic (exact) mass is 117 g/mol. The van der Waals surface area contributed by atoms with Crippen molar-refractivity contribution in [3.05, 3.63) is 12.3 Å². The minimum atomic E-state index is -1.30. The van der Waals surface area contributed by atoms with Crippen molar-refractivity contribution in [3.63, 3.8) is 0 Å². The molecule has 8 heavy (non-hydrogen) atoms. The van der Waals surface area contributed by atoms with Gasteiger partial charge in [-0.3, -0.25) is 0 Å². The molecule has 0 unspecified atom stereocenters. The molecular weight excluding hydrogens is 105 g/mol. The summed E-state index contributed by atoms with van der Waals surface area (Å²) in [5, 5.41) is 2.64. The fraction of sp³-hybridized carbons (Fsp3) is 0.667. The Morgan fingerprint density at radius 1 is 1.62 bits per heavy atom. The maximum absolute atomic E-state index is 12.6. The van der Waals surface area contributed by atoms with Gasteiger partial charge in [-0.15, -0.1) is 0 Å². The van der Waals surface area contributed by atoms with E-state index in [2.05, 4.69) is 11.9 Å². The molecule has 0 saturated heterocycles. The molecule has 0 aromatic carbocycles. The van der Waals surface area contributed by atoms with Crippen LogP contribution in [0.5, 0.6) is 0 Å². The van der Waals surface area contributed by atoms with Crippen molar-refractivity contribution in [2.75, 3.05) is 7.05 Å². The van der Waals surface area contributed by atoms with E-state index in [4.69, 9.17) is 0 Å². The van der Waals surface area contributed by atoms with Crippen molar-refractivity contribution < 1.29 is 4.39 Å². The third-order valence-electron chi connectivity index (χ3n) is 1.02. The summed E-state index contributed by atoms with van der Waals surface area (Å²) in [6.07, 6.45) is 0. The first-order valence-corrected chi connectivity index (χ1v) is 2.54. The molecule has 0 amide bonds. The van der Waals surface area contributed by atoms with Gasteiger partial charge in [0.25, 0.3) is 0 Å². The molecular formula is C6H12FN. The molecule has 0 radical (unpaired) electrons. The van der Waals surface area contributed by atoms with Crippen molar-refractivity contribution in [2.24, 2.45) is 0 Å². The van der Waals surface area contributed by atoms with E-state index in [0.717, 1.165) is 0 Å². The fourth-order valence-corrected chi connectivity index (χ4v) is 0.297. The summed E-state index contributed by atoms with van der Waals surface area (Å²) in [7, 11) is 1.66. The summed E-state index contributed by atoms with van der Waals surface area (Å²) in [5.41, 5.74) is -0.883. The fourth-order valence-electron chi connectivity index (χ4n) is 0.297. The zero-order valence-electron chi connectivity index (χ0n) is 5.59. The van der Waals surface area contributed by atoms with Gasteiger partial charge in [-0.1, -0.05) is 6.58 Å². The molecule has 0 bridgehead atoms. The third-order valence-corrected chi connectivity index (χ3v) is 1.02. The van der Waals surface area contributed by atoms with Crippen molar-refractivity contribution in [1.82, 2.24) is 5.32 Å². The second-order valence-corrected chi connectivity index (χ2v) is 2.20. The molecule has 0 spiro atoms. The van der Waals surface area contributed by atoms with Crippen LogP contribution in [0.3, 0.4) is 0 Å². The van der Waals surface area contributed by atoms with E-state index in [1.165, 1.54) is 13.8 Å². The first-order chi connectivity index (χ1) is 3.48. The van der Waals surface area contributed by atoms with Crippen LogP contribution in [0.2, 0.25) is 0 Å². The van der Waals surface area contributed by atoms with Crippen LogP contribution in [-0.2, 0) is 0 Å².